The van der Waals surface area contributed by atoms with Crippen LogP contribution >= 0.6 is 0 Å². The predicted octanol–water partition coefficient (Wildman–Crippen LogP) is 1.62. The molecule has 1 aromatic rings. The Morgan fingerprint density at radius 1 is 1.48 bits per heavy atom. The van der Waals surface area contributed by atoms with Crippen LogP contribution in [-0.2, 0) is 11.3 Å². The minimum absolute atomic E-state index is 0.00291. The van der Waals surface area contributed by atoms with E-state index in [0.29, 0.717) is 19.4 Å². The van der Waals surface area contributed by atoms with Crippen LogP contribution in [-0.4, -0.2) is 24.1 Å². The Hall–Kier alpha value is -2.24. The average molecular weight is 291 g/mol. The molecule has 6 nitrogen and oxygen atoms in total. The van der Waals surface area contributed by atoms with Crippen molar-refractivity contribution in [1.29, 1.82) is 0 Å². The lowest BCUT2D eigenvalue weighted by molar-refractivity contribution is -0.127. The van der Waals surface area contributed by atoms with E-state index >= 15 is 0 Å². The van der Waals surface area contributed by atoms with Crippen LogP contribution in [0.5, 0.6) is 5.75 Å². The highest BCUT2D eigenvalue weighted by Crippen LogP contribution is 2.38. The highest BCUT2D eigenvalue weighted by Gasteiger charge is 2.45. The zero-order valence-corrected chi connectivity index (χ0v) is 12.1. The van der Waals surface area contributed by atoms with Crippen LogP contribution in [0.4, 0.5) is 0 Å². The van der Waals surface area contributed by atoms with Gasteiger partial charge in [-0.25, -0.2) is 0 Å². The van der Waals surface area contributed by atoms with Crippen molar-refractivity contribution in [2.24, 2.45) is 16.3 Å². The monoisotopic (exact) mass is 291 g/mol. The molecule has 4 N–H and O–H groups in total. The number of carbonyl (C=O) groups excluding carboxylic acids is 1. The lowest BCUT2D eigenvalue weighted by atomic mass is 9.83. The summed E-state index contributed by atoms with van der Waals surface area (Å²) in [7, 11) is 1.60. The van der Waals surface area contributed by atoms with Gasteiger partial charge in [0, 0.05) is 6.54 Å². The molecule has 0 aromatic heterocycles. The van der Waals surface area contributed by atoms with Gasteiger partial charge in [-0.2, -0.15) is 0 Å². The number of methoxy groups -OCH3 is 1. The molecule has 1 aliphatic carbocycles. The first-order valence-electron chi connectivity index (χ1n) is 7.01. The first kappa shape index (κ1) is 15.2. The molecule has 2 rings (SSSR count). The third-order valence-corrected chi connectivity index (χ3v) is 4.08. The molecule has 1 saturated carbocycles. The van der Waals surface area contributed by atoms with Gasteiger partial charge in [0.25, 0.3) is 0 Å². The van der Waals surface area contributed by atoms with Gasteiger partial charge in [-0.1, -0.05) is 30.1 Å². The van der Waals surface area contributed by atoms with Crippen molar-refractivity contribution in [2.75, 3.05) is 7.11 Å². The zero-order valence-electron chi connectivity index (χ0n) is 12.1. The normalized spacial score (nSPS) is 17.5. The summed E-state index contributed by atoms with van der Waals surface area (Å²) < 4.78 is 5.15. The van der Waals surface area contributed by atoms with Crippen LogP contribution in [0.3, 0.4) is 0 Å². The third-order valence-electron chi connectivity index (χ3n) is 4.08. The van der Waals surface area contributed by atoms with Crippen molar-refractivity contribution in [3.05, 3.63) is 29.8 Å². The van der Waals surface area contributed by atoms with E-state index in [4.69, 9.17) is 15.7 Å². The van der Waals surface area contributed by atoms with Gasteiger partial charge in [-0.05, 0) is 30.5 Å². The number of rotatable bonds is 5. The summed E-state index contributed by atoms with van der Waals surface area (Å²) in [5, 5.41) is 14.9. The number of amidine groups is 1. The maximum absolute atomic E-state index is 12.5. The second-order valence-corrected chi connectivity index (χ2v) is 5.31. The Kier molecular flexibility index (Phi) is 4.67. The number of amides is 1. The molecule has 0 heterocycles. The van der Waals surface area contributed by atoms with E-state index in [2.05, 4.69) is 10.5 Å². The summed E-state index contributed by atoms with van der Waals surface area (Å²) in [6.45, 7) is 0.385. The molecular weight excluding hydrogens is 270 g/mol. The van der Waals surface area contributed by atoms with Crippen LogP contribution in [0.15, 0.2) is 29.4 Å². The number of nitrogens with one attached hydrogen (secondary N) is 1. The Morgan fingerprint density at radius 3 is 2.81 bits per heavy atom. The molecule has 1 fully saturated rings. The average Bonchev–Trinajstić information content (AvgIpc) is 3.03. The molecule has 0 unspecified atom stereocenters. The number of nitrogens with zero attached hydrogens (tertiary/aromatic N) is 1. The molecule has 114 valence electrons. The van der Waals surface area contributed by atoms with Gasteiger partial charge >= 0.3 is 0 Å². The first-order valence-corrected chi connectivity index (χ1v) is 7.01. The summed E-state index contributed by atoms with van der Waals surface area (Å²) in [6, 6.07) is 7.49. The van der Waals surface area contributed by atoms with E-state index in [1.807, 2.05) is 24.3 Å². The lowest BCUT2D eigenvalue weighted by Gasteiger charge is -2.26. The van der Waals surface area contributed by atoms with Crippen LogP contribution in [0.25, 0.3) is 0 Å². The molecule has 0 aliphatic heterocycles. The van der Waals surface area contributed by atoms with E-state index < -0.39 is 5.41 Å². The highest BCUT2D eigenvalue weighted by atomic mass is 16.5. The summed E-state index contributed by atoms with van der Waals surface area (Å²) in [6.07, 6.45) is 3.05. The fourth-order valence-electron chi connectivity index (χ4n) is 2.81. The minimum Gasteiger partial charge on any atom is -0.497 e. The van der Waals surface area contributed by atoms with Gasteiger partial charge in [0.05, 0.1) is 7.11 Å². The van der Waals surface area contributed by atoms with Crippen molar-refractivity contribution in [3.8, 4) is 5.75 Å². The zero-order chi connectivity index (χ0) is 15.3. The van der Waals surface area contributed by atoms with E-state index in [1.54, 1.807) is 7.11 Å². The predicted molar refractivity (Wildman–Crippen MR) is 79.2 cm³/mol. The molecule has 0 radical (unpaired) electrons. The molecule has 0 saturated heterocycles. The molecule has 1 aromatic carbocycles. The number of oxime groups is 1. The molecule has 0 atom stereocenters. The SMILES string of the molecule is COc1cccc(CNC(=O)C2(C(N)=NO)CCCC2)c1. The molecule has 1 amide bonds. The highest BCUT2D eigenvalue weighted by molar-refractivity contribution is 6.07. The van der Waals surface area contributed by atoms with Crippen LogP contribution in [0, 0.1) is 5.41 Å². The summed E-state index contributed by atoms with van der Waals surface area (Å²) in [4.78, 5) is 12.5. The van der Waals surface area contributed by atoms with Crippen LogP contribution < -0.4 is 15.8 Å². The second kappa shape index (κ2) is 6.47. The second-order valence-electron chi connectivity index (χ2n) is 5.31. The minimum atomic E-state index is -0.867. The number of ether oxygens (including phenoxy) is 1. The van der Waals surface area contributed by atoms with Gasteiger partial charge in [-0.3, -0.25) is 4.79 Å². The third kappa shape index (κ3) is 3.09. The maximum Gasteiger partial charge on any atom is 0.234 e. The molecular formula is C15H21N3O3. The fraction of sp³-hybridized carbons (Fsp3) is 0.467. The van der Waals surface area contributed by atoms with Crippen molar-refractivity contribution >= 4 is 11.7 Å². The van der Waals surface area contributed by atoms with Crippen molar-refractivity contribution in [1.82, 2.24) is 5.32 Å². The van der Waals surface area contributed by atoms with Crippen molar-refractivity contribution in [2.45, 2.75) is 32.2 Å². The largest absolute Gasteiger partial charge is 0.497 e. The number of benzene rings is 1. The smallest absolute Gasteiger partial charge is 0.234 e. The van der Waals surface area contributed by atoms with E-state index in [1.165, 1.54) is 0 Å². The van der Waals surface area contributed by atoms with Crippen LogP contribution in [0.2, 0.25) is 0 Å². The number of hydrogen-bond acceptors (Lipinski definition) is 4. The Bertz CT molecular complexity index is 537. The van der Waals surface area contributed by atoms with Gasteiger partial charge in [0.1, 0.15) is 11.2 Å². The molecule has 1 aliphatic rings. The van der Waals surface area contributed by atoms with Crippen molar-refractivity contribution < 1.29 is 14.7 Å². The lowest BCUT2D eigenvalue weighted by Crippen LogP contribution is -2.48. The number of carbonyl (C=O) groups is 1. The standard InChI is InChI=1S/C15H21N3O3/c1-21-12-6-4-5-11(9-12)10-17-14(19)15(13(16)18-20)7-2-3-8-15/h4-6,9,20H,2-3,7-8,10H2,1H3,(H2,16,18)(H,17,19). The Morgan fingerprint density at radius 2 is 2.19 bits per heavy atom. The Labute approximate surface area is 124 Å². The van der Waals surface area contributed by atoms with E-state index in [-0.39, 0.29) is 11.7 Å². The number of hydrogen-bond donors (Lipinski definition) is 3. The van der Waals surface area contributed by atoms with Gasteiger partial charge in [0.15, 0.2) is 5.84 Å². The molecule has 0 bridgehead atoms. The summed E-state index contributed by atoms with van der Waals surface area (Å²) >= 11 is 0. The van der Waals surface area contributed by atoms with Crippen molar-refractivity contribution in [3.63, 3.8) is 0 Å². The molecule has 21 heavy (non-hydrogen) atoms. The van der Waals surface area contributed by atoms with E-state index in [0.717, 1.165) is 24.2 Å². The first-order chi connectivity index (χ1) is 10.1. The Balaban J connectivity index is 2.06. The summed E-state index contributed by atoms with van der Waals surface area (Å²) in [5.41, 5.74) is 5.82. The summed E-state index contributed by atoms with van der Waals surface area (Å²) in [5.74, 6) is 0.565. The fourth-order valence-corrected chi connectivity index (χ4v) is 2.81. The van der Waals surface area contributed by atoms with Gasteiger partial charge in [-0.15, -0.1) is 0 Å². The molecule has 0 spiro atoms. The molecule has 6 heteroatoms. The number of nitrogens with two attached hydrogens (primary N) is 1. The van der Waals surface area contributed by atoms with E-state index in [9.17, 15) is 4.79 Å². The van der Waals surface area contributed by atoms with Gasteiger partial charge in [0.2, 0.25) is 5.91 Å². The maximum atomic E-state index is 12.5. The quantitative estimate of drug-likeness (QED) is 0.332. The van der Waals surface area contributed by atoms with Crippen LogP contribution in [0.1, 0.15) is 31.2 Å². The van der Waals surface area contributed by atoms with Gasteiger partial charge < -0.3 is 21.0 Å². The topological polar surface area (TPSA) is 96.9 Å².